The summed E-state index contributed by atoms with van der Waals surface area (Å²) in [5.41, 5.74) is 3.55. The Kier molecular flexibility index (Phi) is 2.50. The summed E-state index contributed by atoms with van der Waals surface area (Å²) in [6.45, 7) is 4.71. The Bertz CT molecular complexity index is 399. The quantitative estimate of drug-likeness (QED) is 0.743. The molecular formula is C13H13N. The van der Waals surface area contributed by atoms with Gasteiger partial charge in [0.05, 0.1) is 0 Å². The van der Waals surface area contributed by atoms with Gasteiger partial charge in [0.15, 0.2) is 0 Å². The zero-order chi connectivity index (χ0) is 9.80. The van der Waals surface area contributed by atoms with Crippen LogP contribution in [0.15, 0.2) is 49.1 Å². The fourth-order valence-electron chi connectivity index (χ4n) is 1.57. The van der Waals surface area contributed by atoms with E-state index in [1.165, 1.54) is 16.8 Å². The normalized spacial score (nSPS) is 14.4. The molecular weight excluding hydrogens is 170 g/mol. The van der Waals surface area contributed by atoms with Crippen LogP contribution in [0.3, 0.4) is 0 Å². The van der Waals surface area contributed by atoms with Gasteiger partial charge < -0.3 is 5.32 Å². The minimum Gasteiger partial charge on any atom is -0.381 e. The van der Waals surface area contributed by atoms with E-state index < -0.39 is 0 Å². The van der Waals surface area contributed by atoms with E-state index in [-0.39, 0.29) is 0 Å². The average molecular weight is 183 g/mol. The number of hydrogen-bond acceptors (Lipinski definition) is 1. The molecule has 0 aliphatic carbocycles. The topological polar surface area (TPSA) is 12.0 Å². The monoisotopic (exact) mass is 183 g/mol. The van der Waals surface area contributed by atoms with Gasteiger partial charge in [-0.05, 0) is 11.6 Å². The van der Waals surface area contributed by atoms with Crippen molar-refractivity contribution in [2.24, 2.45) is 0 Å². The number of rotatable bonds is 2. The van der Waals surface area contributed by atoms with Crippen molar-refractivity contribution in [2.75, 3.05) is 6.54 Å². The van der Waals surface area contributed by atoms with Crippen LogP contribution in [0.4, 0.5) is 0 Å². The average Bonchev–Trinajstić information content (AvgIpc) is 2.30. The highest BCUT2D eigenvalue weighted by Crippen LogP contribution is 2.19. The predicted octanol–water partition coefficient (Wildman–Crippen LogP) is 2.83. The second-order valence-corrected chi connectivity index (χ2v) is 3.18. The summed E-state index contributed by atoms with van der Waals surface area (Å²) in [4.78, 5) is 0. The lowest BCUT2D eigenvalue weighted by Gasteiger charge is -2.14. The standard InChI is InChI=1S/C13H13N/c1-2-11-7-3-4-8-12(11)13-9-5-6-10-14-13/h2-9,14H,1,10H2. The van der Waals surface area contributed by atoms with Crippen molar-refractivity contribution < 1.29 is 0 Å². The van der Waals surface area contributed by atoms with E-state index in [0.717, 1.165) is 6.54 Å². The molecule has 14 heavy (non-hydrogen) atoms. The molecule has 0 fully saturated rings. The summed E-state index contributed by atoms with van der Waals surface area (Å²) in [5.74, 6) is 0. The SMILES string of the molecule is C=Cc1ccccc1C1=CC=CCN1. The van der Waals surface area contributed by atoms with E-state index in [9.17, 15) is 0 Å². The highest BCUT2D eigenvalue weighted by atomic mass is 14.9. The molecule has 1 aliphatic heterocycles. The zero-order valence-electron chi connectivity index (χ0n) is 8.03. The Balaban J connectivity index is 2.44. The molecule has 1 aliphatic rings. The smallest absolute Gasteiger partial charge is 0.0422 e. The number of hydrogen-bond donors (Lipinski definition) is 1. The lowest BCUT2D eigenvalue weighted by molar-refractivity contribution is 0.995. The molecule has 0 spiro atoms. The van der Waals surface area contributed by atoms with Crippen LogP contribution in [0.25, 0.3) is 11.8 Å². The van der Waals surface area contributed by atoms with Crippen LogP contribution in [0.5, 0.6) is 0 Å². The molecule has 2 rings (SSSR count). The molecule has 0 saturated carbocycles. The van der Waals surface area contributed by atoms with Gasteiger partial charge in [-0.15, -0.1) is 0 Å². The van der Waals surface area contributed by atoms with Crippen LogP contribution in [0, 0.1) is 0 Å². The molecule has 0 saturated heterocycles. The van der Waals surface area contributed by atoms with E-state index in [0.29, 0.717) is 0 Å². The van der Waals surface area contributed by atoms with Crippen molar-refractivity contribution in [3.05, 3.63) is 60.2 Å². The molecule has 1 N–H and O–H groups in total. The molecule has 1 heteroatoms. The highest BCUT2D eigenvalue weighted by Gasteiger charge is 2.04. The number of dihydropyridines is 1. The maximum atomic E-state index is 3.81. The van der Waals surface area contributed by atoms with Gasteiger partial charge in [0, 0.05) is 17.8 Å². The number of benzene rings is 1. The van der Waals surface area contributed by atoms with Gasteiger partial charge in [-0.2, -0.15) is 0 Å². The summed E-state index contributed by atoms with van der Waals surface area (Å²) in [5, 5.41) is 3.34. The molecule has 1 nitrogen and oxygen atoms in total. The first-order valence-corrected chi connectivity index (χ1v) is 4.74. The van der Waals surface area contributed by atoms with Gasteiger partial charge >= 0.3 is 0 Å². The molecule has 0 radical (unpaired) electrons. The van der Waals surface area contributed by atoms with E-state index >= 15 is 0 Å². The van der Waals surface area contributed by atoms with Crippen molar-refractivity contribution in [2.45, 2.75) is 0 Å². The van der Waals surface area contributed by atoms with Crippen molar-refractivity contribution in [3.63, 3.8) is 0 Å². The molecule has 1 aromatic rings. The van der Waals surface area contributed by atoms with Gasteiger partial charge in [0.25, 0.3) is 0 Å². The third-order valence-corrected chi connectivity index (χ3v) is 2.28. The van der Waals surface area contributed by atoms with Gasteiger partial charge in [-0.25, -0.2) is 0 Å². The first-order chi connectivity index (χ1) is 6.92. The van der Waals surface area contributed by atoms with Crippen LogP contribution < -0.4 is 5.32 Å². The van der Waals surface area contributed by atoms with Gasteiger partial charge in [0.1, 0.15) is 0 Å². The van der Waals surface area contributed by atoms with Crippen LogP contribution in [0.1, 0.15) is 11.1 Å². The fourth-order valence-corrected chi connectivity index (χ4v) is 1.57. The molecule has 1 heterocycles. The van der Waals surface area contributed by atoms with Crippen molar-refractivity contribution in [1.82, 2.24) is 5.32 Å². The van der Waals surface area contributed by atoms with Gasteiger partial charge in [-0.1, -0.05) is 49.1 Å². The first-order valence-electron chi connectivity index (χ1n) is 4.74. The summed E-state index contributed by atoms with van der Waals surface area (Å²) in [6.07, 6.45) is 8.15. The number of nitrogens with one attached hydrogen (secondary N) is 1. The van der Waals surface area contributed by atoms with Crippen LogP contribution in [-0.4, -0.2) is 6.54 Å². The summed E-state index contributed by atoms with van der Waals surface area (Å²) in [7, 11) is 0. The summed E-state index contributed by atoms with van der Waals surface area (Å²) >= 11 is 0. The largest absolute Gasteiger partial charge is 0.381 e. The third-order valence-electron chi connectivity index (χ3n) is 2.28. The Morgan fingerprint density at radius 2 is 2.14 bits per heavy atom. The Morgan fingerprint density at radius 1 is 1.29 bits per heavy atom. The van der Waals surface area contributed by atoms with Crippen LogP contribution >= 0.6 is 0 Å². The third kappa shape index (κ3) is 1.62. The molecule has 0 aromatic heterocycles. The maximum absolute atomic E-state index is 3.81. The minimum atomic E-state index is 0.900. The van der Waals surface area contributed by atoms with Crippen LogP contribution in [0.2, 0.25) is 0 Å². The summed E-state index contributed by atoms with van der Waals surface area (Å²) < 4.78 is 0. The predicted molar refractivity (Wildman–Crippen MR) is 61.7 cm³/mol. The maximum Gasteiger partial charge on any atom is 0.0422 e. The van der Waals surface area contributed by atoms with Crippen molar-refractivity contribution in [1.29, 1.82) is 0 Å². The van der Waals surface area contributed by atoms with E-state index in [4.69, 9.17) is 0 Å². The molecule has 0 bridgehead atoms. The lowest BCUT2D eigenvalue weighted by Crippen LogP contribution is -2.14. The van der Waals surface area contributed by atoms with E-state index in [2.05, 4.69) is 42.3 Å². The molecule has 0 atom stereocenters. The molecule has 1 aromatic carbocycles. The molecule has 0 unspecified atom stereocenters. The second kappa shape index (κ2) is 3.97. The van der Waals surface area contributed by atoms with E-state index in [1.807, 2.05) is 18.2 Å². The Morgan fingerprint density at radius 3 is 2.86 bits per heavy atom. The minimum absolute atomic E-state index is 0.900. The zero-order valence-corrected chi connectivity index (χ0v) is 8.03. The first kappa shape index (κ1) is 8.82. The van der Waals surface area contributed by atoms with Crippen LogP contribution in [-0.2, 0) is 0 Å². The Hall–Kier alpha value is -1.76. The second-order valence-electron chi connectivity index (χ2n) is 3.18. The van der Waals surface area contributed by atoms with E-state index in [1.54, 1.807) is 0 Å². The fraction of sp³-hybridized carbons (Fsp3) is 0.0769. The number of allylic oxidation sites excluding steroid dienone is 2. The van der Waals surface area contributed by atoms with Crippen molar-refractivity contribution >= 4 is 11.8 Å². The Labute approximate surface area is 84.5 Å². The lowest BCUT2D eigenvalue weighted by atomic mass is 10.0. The van der Waals surface area contributed by atoms with Gasteiger partial charge in [-0.3, -0.25) is 0 Å². The summed E-state index contributed by atoms with van der Waals surface area (Å²) in [6, 6.07) is 8.25. The molecule has 0 amide bonds. The van der Waals surface area contributed by atoms with Gasteiger partial charge in [0.2, 0.25) is 0 Å². The van der Waals surface area contributed by atoms with Crippen molar-refractivity contribution in [3.8, 4) is 0 Å². The highest BCUT2D eigenvalue weighted by molar-refractivity contribution is 5.74. The molecule has 70 valence electrons.